The lowest BCUT2D eigenvalue weighted by atomic mass is 9.90. The van der Waals surface area contributed by atoms with Crippen molar-refractivity contribution in [3.63, 3.8) is 0 Å². The minimum absolute atomic E-state index is 0.0716. The van der Waals surface area contributed by atoms with Crippen molar-refractivity contribution in [3.8, 4) is 0 Å². The Bertz CT molecular complexity index is 437. The van der Waals surface area contributed by atoms with E-state index < -0.39 is 6.10 Å². The molecule has 1 unspecified atom stereocenters. The van der Waals surface area contributed by atoms with Gasteiger partial charge in [-0.3, -0.25) is 9.69 Å². The molecule has 6 nitrogen and oxygen atoms in total. The van der Waals surface area contributed by atoms with E-state index in [0.29, 0.717) is 6.04 Å². The Morgan fingerprint density at radius 3 is 2.80 bits per heavy atom. The van der Waals surface area contributed by atoms with Gasteiger partial charge in [0.25, 0.3) is 0 Å². The van der Waals surface area contributed by atoms with Crippen molar-refractivity contribution in [1.29, 1.82) is 0 Å². The van der Waals surface area contributed by atoms with Crippen LogP contribution in [0, 0.1) is 5.92 Å². The molecule has 0 bridgehead atoms. The van der Waals surface area contributed by atoms with Crippen LogP contribution in [-0.2, 0) is 11.3 Å². The van der Waals surface area contributed by atoms with Crippen LogP contribution in [0.2, 0.25) is 0 Å². The standard InChI is InChI=1S/C14H21N3O3/c18-13(14(19)15-11-1-2-11)10-3-6-17(7-4-10)9-12-5-8-20-16-12/h5,8,10-11,13,18H,1-4,6-7,9H2,(H,15,19). The van der Waals surface area contributed by atoms with E-state index in [1.807, 2.05) is 6.07 Å². The molecule has 20 heavy (non-hydrogen) atoms. The van der Waals surface area contributed by atoms with Crippen LogP contribution in [0.5, 0.6) is 0 Å². The molecule has 2 heterocycles. The van der Waals surface area contributed by atoms with Crippen LogP contribution < -0.4 is 5.32 Å². The van der Waals surface area contributed by atoms with E-state index in [9.17, 15) is 9.90 Å². The fraction of sp³-hybridized carbons (Fsp3) is 0.714. The smallest absolute Gasteiger partial charge is 0.249 e. The molecule has 0 spiro atoms. The second-order valence-electron chi connectivity index (χ2n) is 5.83. The van der Waals surface area contributed by atoms with Gasteiger partial charge in [-0.1, -0.05) is 5.16 Å². The predicted molar refractivity (Wildman–Crippen MR) is 71.7 cm³/mol. The number of carbonyl (C=O) groups excluding carboxylic acids is 1. The molecule has 1 saturated carbocycles. The van der Waals surface area contributed by atoms with E-state index in [2.05, 4.69) is 15.4 Å². The summed E-state index contributed by atoms with van der Waals surface area (Å²) in [6.07, 6.45) is 4.51. The largest absolute Gasteiger partial charge is 0.383 e. The topological polar surface area (TPSA) is 78.6 Å². The van der Waals surface area contributed by atoms with Gasteiger partial charge in [-0.05, 0) is 44.7 Å². The summed E-state index contributed by atoms with van der Waals surface area (Å²) in [6.45, 7) is 2.53. The van der Waals surface area contributed by atoms with Crippen molar-refractivity contribution in [2.24, 2.45) is 5.92 Å². The van der Waals surface area contributed by atoms with Gasteiger partial charge in [0.15, 0.2) is 0 Å². The van der Waals surface area contributed by atoms with Crippen LogP contribution >= 0.6 is 0 Å². The fourth-order valence-electron chi connectivity index (χ4n) is 2.70. The normalized spacial score (nSPS) is 22.6. The molecule has 1 saturated heterocycles. The highest BCUT2D eigenvalue weighted by Crippen LogP contribution is 2.24. The van der Waals surface area contributed by atoms with Crippen LogP contribution in [0.3, 0.4) is 0 Å². The number of aliphatic hydroxyl groups is 1. The van der Waals surface area contributed by atoms with Gasteiger partial charge in [0.2, 0.25) is 5.91 Å². The summed E-state index contributed by atoms with van der Waals surface area (Å²) >= 11 is 0. The first-order valence-electron chi connectivity index (χ1n) is 7.32. The highest BCUT2D eigenvalue weighted by atomic mass is 16.5. The number of nitrogens with one attached hydrogen (secondary N) is 1. The van der Waals surface area contributed by atoms with E-state index in [0.717, 1.165) is 51.0 Å². The van der Waals surface area contributed by atoms with Crippen molar-refractivity contribution < 1.29 is 14.4 Å². The third kappa shape index (κ3) is 3.37. The van der Waals surface area contributed by atoms with Crippen LogP contribution in [0.25, 0.3) is 0 Å². The van der Waals surface area contributed by atoms with Crippen molar-refractivity contribution >= 4 is 5.91 Å². The molecule has 1 aliphatic carbocycles. The van der Waals surface area contributed by atoms with Gasteiger partial charge in [-0.15, -0.1) is 0 Å². The maximum Gasteiger partial charge on any atom is 0.249 e. The molecule has 6 heteroatoms. The number of piperidine rings is 1. The second-order valence-corrected chi connectivity index (χ2v) is 5.83. The molecule has 0 aromatic carbocycles. The molecule has 1 aliphatic heterocycles. The Kier molecular flexibility index (Phi) is 4.03. The highest BCUT2D eigenvalue weighted by Gasteiger charge is 2.32. The Balaban J connectivity index is 1.44. The molecule has 2 fully saturated rings. The lowest BCUT2D eigenvalue weighted by molar-refractivity contribution is -0.133. The summed E-state index contributed by atoms with van der Waals surface area (Å²) in [7, 11) is 0. The van der Waals surface area contributed by atoms with E-state index >= 15 is 0 Å². The van der Waals surface area contributed by atoms with Gasteiger partial charge in [-0.2, -0.15) is 0 Å². The third-order valence-corrected chi connectivity index (χ3v) is 4.15. The SMILES string of the molecule is O=C(NC1CC1)C(O)C1CCN(Cc2ccon2)CC1. The van der Waals surface area contributed by atoms with Crippen LogP contribution in [0.4, 0.5) is 0 Å². The zero-order valence-corrected chi connectivity index (χ0v) is 11.5. The number of amides is 1. The average Bonchev–Trinajstić information content (AvgIpc) is 3.12. The maximum atomic E-state index is 11.8. The first-order chi connectivity index (χ1) is 9.72. The van der Waals surface area contributed by atoms with Crippen molar-refractivity contribution in [3.05, 3.63) is 18.0 Å². The quantitative estimate of drug-likeness (QED) is 0.822. The Hall–Kier alpha value is -1.40. The molecule has 2 N–H and O–H groups in total. The lowest BCUT2D eigenvalue weighted by Gasteiger charge is -2.33. The summed E-state index contributed by atoms with van der Waals surface area (Å²) in [5, 5.41) is 16.9. The Morgan fingerprint density at radius 1 is 1.45 bits per heavy atom. The Morgan fingerprint density at radius 2 is 2.20 bits per heavy atom. The molecule has 2 aliphatic rings. The van der Waals surface area contributed by atoms with Crippen molar-refractivity contribution in [2.75, 3.05) is 13.1 Å². The first-order valence-corrected chi connectivity index (χ1v) is 7.32. The molecular weight excluding hydrogens is 258 g/mol. The number of hydrogen-bond acceptors (Lipinski definition) is 5. The minimum atomic E-state index is -0.857. The zero-order chi connectivity index (χ0) is 13.9. The average molecular weight is 279 g/mol. The van der Waals surface area contributed by atoms with Gasteiger partial charge in [0.05, 0.1) is 5.69 Å². The second kappa shape index (κ2) is 5.93. The molecule has 3 rings (SSSR count). The first kappa shape index (κ1) is 13.6. The molecule has 1 aromatic rings. The Labute approximate surface area is 118 Å². The molecule has 1 atom stereocenters. The third-order valence-electron chi connectivity index (χ3n) is 4.15. The summed E-state index contributed by atoms with van der Waals surface area (Å²) < 4.78 is 4.82. The van der Waals surface area contributed by atoms with Gasteiger partial charge < -0.3 is 14.9 Å². The van der Waals surface area contributed by atoms with Crippen LogP contribution in [0.15, 0.2) is 16.9 Å². The van der Waals surface area contributed by atoms with Crippen LogP contribution in [0.1, 0.15) is 31.4 Å². The summed E-state index contributed by atoms with van der Waals surface area (Å²) in [5.41, 5.74) is 0.926. The molecular formula is C14H21N3O3. The van der Waals surface area contributed by atoms with Crippen LogP contribution in [-0.4, -0.2) is 46.3 Å². The number of rotatable bonds is 5. The maximum absolute atomic E-state index is 11.8. The van der Waals surface area contributed by atoms with E-state index in [1.54, 1.807) is 6.26 Å². The van der Waals surface area contributed by atoms with E-state index in [1.165, 1.54) is 0 Å². The number of hydrogen-bond donors (Lipinski definition) is 2. The van der Waals surface area contributed by atoms with E-state index in [4.69, 9.17) is 4.52 Å². The number of nitrogens with zero attached hydrogens (tertiary/aromatic N) is 2. The number of carbonyl (C=O) groups is 1. The molecule has 0 radical (unpaired) electrons. The monoisotopic (exact) mass is 279 g/mol. The lowest BCUT2D eigenvalue weighted by Crippen LogP contribution is -2.44. The van der Waals surface area contributed by atoms with Gasteiger partial charge in [0, 0.05) is 18.7 Å². The van der Waals surface area contributed by atoms with Gasteiger partial charge in [0.1, 0.15) is 12.4 Å². The van der Waals surface area contributed by atoms with Gasteiger partial charge >= 0.3 is 0 Å². The minimum Gasteiger partial charge on any atom is -0.383 e. The van der Waals surface area contributed by atoms with Crippen molar-refractivity contribution in [1.82, 2.24) is 15.4 Å². The molecule has 110 valence electrons. The highest BCUT2D eigenvalue weighted by molar-refractivity contribution is 5.81. The fourth-order valence-corrected chi connectivity index (χ4v) is 2.70. The van der Waals surface area contributed by atoms with E-state index in [-0.39, 0.29) is 11.8 Å². The summed E-state index contributed by atoms with van der Waals surface area (Å²) in [6, 6.07) is 2.17. The number of aromatic nitrogens is 1. The molecule has 1 amide bonds. The number of aliphatic hydroxyl groups excluding tert-OH is 1. The molecule has 1 aromatic heterocycles. The van der Waals surface area contributed by atoms with Gasteiger partial charge in [-0.25, -0.2) is 0 Å². The zero-order valence-electron chi connectivity index (χ0n) is 11.5. The summed E-state index contributed by atoms with van der Waals surface area (Å²) in [4.78, 5) is 14.1. The number of likely N-dealkylation sites (tertiary alicyclic amines) is 1. The van der Waals surface area contributed by atoms with Crippen molar-refractivity contribution in [2.45, 2.75) is 44.4 Å². The predicted octanol–water partition coefficient (Wildman–Crippen LogP) is 0.526. The summed E-state index contributed by atoms with van der Waals surface area (Å²) in [5.74, 6) is -0.121.